The number of piperidine rings is 1. The molecule has 20 heavy (non-hydrogen) atoms. The van der Waals surface area contributed by atoms with Crippen molar-refractivity contribution in [2.45, 2.75) is 52.5 Å². The molecule has 1 fully saturated rings. The highest BCUT2D eigenvalue weighted by Crippen LogP contribution is 2.26. The standard InChI is InChI=1S/C14H31N3O2S/c1-6-14(3,4)16(5)20(18,19)17-10-8-9-13(12-17)11-15-7-2/h13,15H,6-12H2,1-5H3. The summed E-state index contributed by atoms with van der Waals surface area (Å²) in [6, 6.07) is 0. The van der Waals surface area contributed by atoms with Crippen LogP contribution in [-0.4, -0.2) is 55.8 Å². The summed E-state index contributed by atoms with van der Waals surface area (Å²) in [6.07, 6.45) is 2.87. The zero-order chi connectivity index (χ0) is 15.4. The first-order valence-electron chi connectivity index (χ1n) is 7.70. The lowest BCUT2D eigenvalue weighted by Gasteiger charge is -2.40. The molecule has 6 heteroatoms. The second-order valence-corrected chi connectivity index (χ2v) is 8.27. The molecule has 0 aromatic rings. The predicted octanol–water partition coefficient (Wildman–Crippen LogP) is 1.67. The molecule has 120 valence electrons. The van der Waals surface area contributed by atoms with Crippen LogP contribution >= 0.6 is 0 Å². The third kappa shape index (κ3) is 4.16. The number of hydrogen-bond acceptors (Lipinski definition) is 3. The molecule has 1 heterocycles. The summed E-state index contributed by atoms with van der Waals surface area (Å²) in [5.74, 6) is 0.427. The maximum Gasteiger partial charge on any atom is 0.282 e. The third-order valence-electron chi connectivity index (χ3n) is 4.55. The highest BCUT2D eigenvalue weighted by Gasteiger charge is 2.37. The molecule has 1 aliphatic rings. The van der Waals surface area contributed by atoms with Crippen molar-refractivity contribution in [3.8, 4) is 0 Å². The van der Waals surface area contributed by atoms with Crippen LogP contribution in [0.25, 0.3) is 0 Å². The van der Waals surface area contributed by atoms with Gasteiger partial charge in [0.1, 0.15) is 0 Å². The van der Waals surface area contributed by atoms with Gasteiger partial charge in [-0.05, 0) is 52.1 Å². The summed E-state index contributed by atoms with van der Waals surface area (Å²) < 4.78 is 28.7. The summed E-state index contributed by atoms with van der Waals surface area (Å²) in [7, 11) is -1.65. The Hall–Kier alpha value is -0.170. The molecule has 0 aromatic heterocycles. The van der Waals surface area contributed by atoms with Crippen molar-refractivity contribution in [3.63, 3.8) is 0 Å². The fourth-order valence-corrected chi connectivity index (χ4v) is 4.32. The van der Waals surface area contributed by atoms with Gasteiger partial charge in [0.2, 0.25) is 0 Å². The van der Waals surface area contributed by atoms with E-state index in [9.17, 15) is 8.42 Å². The molecule has 1 saturated heterocycles. The Morgan fingerprint density at radius 1 is 1.35 bits per heavy atom. The molecule has 1 atom stereocenters. The summed E-state index contributed by atoms with van der Waals surface area (Å²) in [6.45, 7) is 11.2. The molecular weight excluding hydrogens is 274 g/mol. The molecule has 1 N–H and O–H groups in total. The van der Waals surface area contributed by atoms with E-state index in [0.29, 0.717) is 19.0 Å². The lowest BCUT2D eigenvalue weighted by Crippen LogP contribution is -2.54. The number of nitrogens with zero attached hydrogens (tertiary/aromatic N) is 2. The largest absolute Gasteiger partial charge is 0.317 e. The van der Waals surface area contributed by atoms with Crippen molar-refractivity contribution < 1.29 is 8.42 Å². The van der Waals surface area contributed by atoms with Crippen molar-refractivity contribution in [2.24, 2.45) is 5.92 Å². The topological polar surface area (TPSA) is 52.7 Å². The first-order valence-corrected chi connectivity index (χ1v) is 9.10. The van der Waals surface area contributed by atoms with E-state index in [2.05, 4.69) is 12.2 Å². The molecule has 0 saturated carbocycles. The zero-order valence-corrected chi connectivity index (χ0v) is 14.5. The Labute approximate surface area is 124 Å². The van der Waals surface area contributed by atoms with Crippen LogP contribution in [0.2, 0.25) is 0 Å². The van der Waals surface area contributed by atoms with Crippen LogP contribution < -0.4 is 5.32 Å². The Morgan fingerprint density at radius 3 is 2.55 bits per heavy atom. The van der Waals surface area contributed by atoms with E-state index in [-0.39, 0.29) is 5.54 Å². The number of rotatable bonds is 7. The van der Waals surface area contributed by atoms with E-state index in [1.165, 1.54) is 4.31 Å². The number of hydrogen-bond donors (Lipinski definition) is 1. The van der Waals surface area contributed by atoms with E-state index < -0.39 is 10.2 Å². The van der Waals surface area contributed by atoms with E-state index >= 15 is 0 Å². The van der Waals surface area contributed by atoms with Gasteiger partial charge in [-0.2, -0.15) is 17.0 Å². The fraction of sp³-hybridized carbons (Fsp3) is 1.00. The average molecular weight is 305 g/mol. The van der Waals surface area contributed by atoms with Gasteiger partial charge in [-0.25, -0.2) is 0 Å². The summed E-state index contributed by atoms with van der Waals surface area (Å²) in [4.78, 5) is 0. The molecule has 0 spiro atoms. The van der Waals surface area contributed by atoms with E-state index in [1.807, 2.05) is 20.8 Å². The highest BCUT2D eigenvalue weighted by molar-refractivity contribution is 7.86. The maximum absolute atomic E-state index is 12.7. The van der Waals surface area contributed by atoms with E-state index in [4.69, 9.17) is 0 Å². The highest BCUT2D eigenvalue weighted by atomic mass is 32.2. The zero-order valence-electron chi connectivity index (χ0n) is 13.6. The molecule has 0 radical (unpaired) electrons. The first kappa shape index (κ1) is 17.9. The van der Waals surface area contributed by atoms with Crippen molar-refractivity contribution in [1.82, 2.24) is 13.9 Å². The van der Waals surface area contributed by atoms with Crippen LogP contribution in [-0.2, 0) is 10.2 Å². The lowest BCUT2D eigenvalue weighted by atomic mass is 10.00. The van der Waals surface area contributed by atoms with E-state index in [0.717, 1.165) is 32.4 Å². The van der Waals surface area contributed by atoms with Crippen LogP contribution in [0.4, 0.5) is 0 Å². The van der Waals surface area contributed by atoms with Gasteiger partial charge in [0, 0.05) is 25.7 Å². The van der Waals surface area contributed by atoms with Gasteiger partial charge >= 0.3 is 0 Å². The Morgan fingerprint density at radius 2 is 2.00 bits per heavy atom. The molecular formula is C14H31N3O2S. The summed E-state index contributed by atoms with van der Waals surface area (Å²) in [5.41, 5.74) is -0.340. The first-order chi connectivity index (χ1) is 9.25. The van der Waals surface area contributed by atoms with Crippen LogP contribution in [0.1, 0.15) is 47.0 Å². The molecule has 5 nitrogen and oxygen atoms in total. The predicted molar refractivity (Wildman–Crippen MR) is 83.9 cm³/mol. The van der Waals surface area contributed by atoms with Crippen LogP contribution in [0.3, 0.4) is 0 Å². The molecule has 0 amide bonds. The van der Waals surface area contributed by atoms with Crippen molar-refractivity contribution in [2.75, 3.05) is 33.2 Å². The second kappa shape index (κ2) is 7.20. The minimum Gasteiger partial charge on any atom is -0.317 e. The van der Waals surface area contributed by atoms with Crippen molar-refractivity contribution in [3.05, 3.63) is 0 Å². The monoisotopic (exact) mass is 305 g/mol. The smallest absolute Gasteiger partial charge is 0.282 e. The van der Waals surface area contributed by atoms with Gasteiger partial charge in [0.25, 0.3) is 10.2 Å². The molecule has 0 aliphatic carbocycles. The normalized spacial score (nSPS) is 22.4. The Kier molecular flexibility index (Phi) is 6.44. The third-order valence-corrected chi connectivity index (χ3v) is 6.73. The van der Waals surface area contributed by atoms with Crippen molar-refractivity contribution >= 4 is 10.2 Å². The molecule has 0 bridgehead atoms. The SMILES string of the molecule is CCNCC1CCCN(S(=O)(=O)N(C)C(C)(C)CC)C1. The summed E-state index contributed by atoms with van der Waals surface area (Å²) >= 11 is 0. The summed E-state index contributed by atoms with van der Waals surface area (Å²) in [5, 5.41) is 3.33. The van der Waals surface area contributed by atoms with Crippen LogP contribution in [0.5, 0.6) is 0 Å². The maximum atomic E-state index is 12.7. The fourth-order valence-electron chi connectivity index (χ4n) is 2.46. The van der Waals surface area contributed by atoms with Gasteiger partial charge in [-0.15, -0.1) is 0 Å². The van der Waals surface area contributed by atoms with Crippen LogP contribution in [0.15, 0.2) is 0 Å². The molecule has 1 unspecified atom stereocenters. The molecule has 0 aromatic carbocycles. The average Bonchev–Trinajstić information content (AvgIpc) is 2.44. The van der Waals surface area contributed by atoms with Gasteiger partial charge in [-0.3, -0.25) is 0 Å². The molecule has 1 rings (SSSR count). The Bertz CT molecular complexity index is 395. The van der Waals surface area contributed by atoms with E-state index in [1.54, 1.807) is 11.4 Å². The Balaban J connectivity index is 2.76. The second-order valence-electron chi connectivity index (χ2n) is 6.32. The lowest BCUT2D eigenvalue weighted by molar-refractivity contribution is 0.207. The minimum absolute atomic E-state index is 0.340. The number of nitrogens with one attached hydrogen (secondary N) is 1. The van der Waals surface area contributed by atoms with Gasteiger partial charge < -0.3 is 5.32 Å². The molecule has 1 aliphatic heterocycles. The van der Waals surface area contributed by atoms with Gasteiger partial charge in [0.15, 0.2) is 0 Å². The quantitative estimate of drug-likeness (QED) is 0.778. The van der Waals surface area contributed by atoms with Crippen molar-refractivity contribution in [1.29, 1.82) is 0 Å². The van der Waals surface area contributed by atoms with Crippen LogP contribution in [0, 0.1) is 5.92 Å². The minimum atomic E-state index is -3.35. The van der Waals surface area contributed by atoms with Gasteiger partial charge in [0.05, 0.1) is 0 Å². The van der Waals surface area contributed by atoms with Gasteiger partial charge in [-0.1, -0.05) is 13.8 Å².